The Morgan fingerprint density at radius 3 is 2.00 bits per heavy atom. The molecule has 1 atom stereocenters. The van der Waals surface area contributed by atoms with E-state index in [1.165, 1.54) is 4.90 Å². The van der Waals surface area contributed by atoms with E-state index in [1.807, 2.05) is 24.3 Å². The average Bonchev–Trinajstić information content (AvgIpc) is 2.59. The maximum atomic E-state index is 13.0. The molecule has 0 saturated carbocycles. The van der Waals surface area contributed by atoms with Gasteiger partial charge in [-0.2, -0.15) is 0 Å². The molecular weight excluding hydrogens is 386 g/mol. The van der Waals surface area contributed by atoms with Gasteiger partial charge in [-0.25, -0.2) is 4.79 Å². The SMILES string of the molecule is CC(C)OC(=O)C(C(=O)OC(C)C)C1c2ccccc2CCN1C(=O)OC(C)(C)C. The van der Waals surface area contributed by atoms with Crippen LogP contribution in [0.4, 0.5) is 4.79 Å². The van der Waals surface area contributed by atoms with E-state index in [0.717, 1.165) is 11.1 Å². The average molecular weight is 420 g/mol. The van der Waals surface area contributed by atoms with Gasteiger partial charge in [-0.1, -0.05) is 24.3 Å². The molecule has 0 spiro atoms. The monoisotopic (exact) mass is 419 g/mol. The summed E-state index contributed by atoms with van der Waals surface area (Å²) in [5, 5.41) is 0. The summed E-state index contributed by atoms with van der Waals surface area (Å²) in [5.41, 5.74) is 0.980. The maximum absolute atomic E-state index is 13.0. The first-order valence-electron chi connectivity index (χ1n) is 10.4. The summed E-state index contributed by atoms with van der Waals surface area (Å²) >= 11 is 0. The number of nitrogens with zero attached hydrogens (tertiary/aromatic N) is 1. The molecule has 0 radical (unpaired) electrons. The molecule has 7 nitrogen and oxygen atoms in total. The fraction of sp³-hybridized carbons (Fsp3) is 0.609. The summed E-state index contributed by atoms with van der Waals surface area (Å²) in [6, 6.07) is 6.61. The number of fused-ring (bicyclic) bond motifs is 1. The van der Waals surface area contributed by atoms with Crippen LogP contribution in [0.3, 0.4) is 0 Å². The van der Waals surface area contributed by atoms with Gasteiger partial charge >= 0.3 is 18.0 Å². The van der Waals surface area contributed by atoms with Gasteiger partial charge < -0.3 is 14.2 Å². The highest BCUT2D eigenvalue weighted by Gasteiger charge is 2.47. The third-order valence-corrected chi connectivity index (χ3v) is 4.49. The van der Waals surface area contributed by atoms with Crippen LogP contribution in [0.15, 0.2) is 24.3 Å². The minimum atomic E-state index is -1.32. The Morgan fingerprint density at radius 2 is 1.50 bits per heavy atom. The molecule has 0 saturated heterocycles. The lowest BCUT2D eigenvalue weighted by Crippen LogP contribution is -2.50. The van der Waals surface area contributed by atoms with Gasteiger partial charge in [0.1, 0.15) is 5.60 Å². The predicted octanol–water partition coefficient (Wildman–Crippen LogP) is 4.04. The standard InChI is InChI=1S/C23H33NO6/c1-14(2)28-20(25)18(21(26)29-15(3)4)19-17-11-9-8-10-16(17)12-13-24(19)22(27)30-23(5,6)7/h8-11,14-15,18-19H,12-13H2,1-7H3. The highest BCUT2D eigenvalue weighted by atomic mass is 16.6. The Labute approximate surface area is 178 Å². The molecule has 1 amide bonds. The molecule has 166 valence electrons. The normalized spacial score (nSPS) is 16.5. The topological polar surface area (TPSA) is 82.1 Å². The second kappa shape index (κ2) is 9.49. The first-order valence-corrected chi connectivity index (χ1v) is 10.4. The van der Waals surface area contributed by atoms with Crippen molar-refractivity contribution in [1.29, 1.82) is 0 Å². The van der Waals surface area contributed by atoms with E-state index in [0.29, 0.717) is 13.0 Å². The number of ether oxygens (including phenoxy) is 3. The number of amides is 1. The zero-order valence-electron chi connectivity index (χ0n) is 18.9. The molecule has 0 bridgehead atoms. The number of carbonyl (C=O) groups excluding carboxylic acids is 3. The lowest BCUT2D eigenvalue weighted by Gasteiger charge is -2.40. The van der Waals surface area contributed by atoms with E-state index >= 15 is 0 Å². The zero-order chi connectivity index (χ0) is 22.6. The summed E-state index contributed by atoms with van der Waals surface area (Å²) in [4.78, 5) is 40.5. The fourth-order valence-electron chi connectivity index (χ4n) is 3.45. The van der Waals surface area contributed by atoms with E-state index in [9.17, 15) is 14.4 Å². The van der Waals surface area contributed by atoms with Crippen LogP contribution in [0, 0.1) is 5.92 Å². The molecular formula is C23H33NO6. The van der Waals surface area contributed by atoms with Crippen LogP contribution >= 0.6 is 0 Å². The van der Waals surface area contributed by atoms with E-state index < -0.39 is 47.8 Å². The highest BCUT2D eigenvalue weighted by molar-refractivity contribution is 5.96. The smallest absolute Gasteiger partial charge is 0.410 e. The number of carbonyl (C=O) groups is 3. The molecule has 0 N–H and O–H groups in total. The first-order chi connectivity index (χ1) is 13.9. The Hall–Kier alpha value is -2.57. The Kier molecular flexibility index (Phi) is 7.50. The van der Waals surface area contributed by atoms with Crippen LogP contribution in [0.5, 0.6) is 0 Å². The van der Waals surface area contributed by atoms with Crippen LogP contribution in [0.25, 0.3) is 0 Å². The van der Waals surface area contributed by atoms with Crippen LogP contribution in [-0.4, -0.2) is 47.3 Å². The number of hydrogen-bond donors (Lipinski definition) is 0. The summed E-state index contributed by atoms with van der Waals surface area (Å²) in [6.07, 6.45) is -0.820. The van der Waals surface area contributed by atoms with Crippen LogP contribution in [0.1, 0.15) is 65.6 Å². The molecule has 1 aromatic carbocycles. The molecule has 1 aromatic rings. The molecule has 1 aliphatic heterocycles. The third-order valence-electron chi connectivity index (χ3n) is 4.49. The van der Waals surface area contributed by atoms with Crippen molar-refractivity contribution in [3.05, 3.63) is 35.4 Å². The van der Waals surface area contributed by atoms with Gasteiger partial charge in [0.25, 0.3) is 0 Å². The van der Waals surface area contributed by atoms with E-state index in [4.69, 9.17) is 14.2 Å². The number of rotatable bonds is 5. The molecule has 7 heteroatoms. The van der Waals surface area contributed by atoms with Crippen molar-refractivity contribution in [3.8, 4) is 0 Å². The molecule has 0 aliphatic carbocycles. The lowest BCUT2D eigenvalue weighted by atomic mass is 9.84. The number of hydrogen-bond acceptors (Lipinski definition) is 6. The lowest BCUT2D eigenvalue weighted by molar-refractivity contribution is -0.170. The fourth-order valence-corrected chi connectivity index (χ4v) is 3.45. The van der Waals surface area contributed by atoms with Gasteiger partial charge in [0.05, 0.1) is 18.2 Å². The molecule has 0 aromatic heterocycles. The van der Waals surface area contributed by atoms with Crippen molar-refractivity contribution in [2.75, 3.05) is 6.54 Å². The summed E-state index contributed by atoms with van der Waals surface area (Å²) in [6.45, 7) is 12.5. The van der Waals surface area contributed by atoms with E-state index in [2.05, 4.69) is 0 Å². The second-order valence-corrected chi connectivity index (χ2v) is 9.02. The second-order valence-electron chi connectivity index (χ2n) is 9.02. The van der Waals surface area contributed by atoms with Gasteiger partial charge in [-0.05, 0) is 66.0 Å². The van der Waals surface area contributed by atoms with E-state index in [1.54, 1.807) is 48.5 Å². The molecule has 1 heterocycles. The predicted molar refractivity (Wildman–Crippen MR) is 112 cm³/mol. The minimum Gasteiger partial charge on any atom is -0.462 e. The van der Waals surface area contributed by atoms with Crippen LogP contribution in [-0.2, 0) is 30.2 Å². The Balaban J connectivity index is 2.55. The quantitative estimate of drug-likeness (QED) is 0.407. The van der Waals surface area contributed by atoms with Crippen molar-refractivity contribution in [3.63, 3.8) is 0 Å². The molecule has 30 heavy (non-hydrogen) atoms. The van der Waals surface area contributed by atoms with Crippen molar-refractivity contribution in [1.82, 2.24) is 4.90 Å². The maximum Gasteiger partial charge on any atom is 0.410 e. The van der Waals surface area contributed by atoms with Crippen molar-refractivity contribution in [2.45, 2.75) is 78.7 Å². The molecule has 1 aliphatic rings. The van der Waals surface area contributed by atoms with Crippen LogP contribution in [0.2, 0.25) is 0 Å². The van der Waals surface area contributed by atoms with Crippen molar-refractivity contribution >= 4 is 18.0 Å². The minimum absolute atomic E-state index is 0.316. The number of benzene rings is 1. The van der Waals surface area contributed by atoms with Gasteiger partial charge in [0, 0.05) is 6.54 Å². The summed E-state index contributed by atoms with van der Waals surface area (Å²) < 4.78 is 16.4. The summed E-state index contributed by atoms with van der Waals surface area (Å²) in [5.74, 6) is -2.75. The first kappa shape index (κ1) is 23.7. The molecule has 1 unspecified atom stereocenters. The summed E-state index contributed by atoms with van der Waals surface area (Å²) in [7, 11) is 0. The Bertz CT molecular complexity index is 758. The third kappa shape index (κ3) is 5.97. The Morgan fingerprint density at radius 1 is 0.967 bits per heavy atom. The highest BCUT2D eigenvalue weighted by Crippen LogP contribution is 2.38. The van der Waals surface area contributed by atoms with Gasteiger partial charge in [-0.15, -0.1) is 0 Å². The molecule has 2 rings (SSSR count). The largest absolute Gasteiger partial charge is 0.462 e. The van der Waals surface area contributed by atoms with Gasteiger partial charge in [0.2, 0.25) is 0 Å². The van der Waals surface area contributed by atoms with Crippen LogP contribution < -0.4 is 0 Å². The number of esters is 2. The van der Waals surface area contributed by atoms with Gasteiger partial charge in [0.15, 0.2) is 5.92 Å². The van der Waals surface area contributed by atoms with Crippen molar-refractivity contribution < 1.29 is 28.6 Å². The van der Waals surface area contributed by atoms with Gasteiger partial charge in [-0.3, -0.25) is 14.5 Å². The van der Waals surface area contributed by atoms with E-state index in [-0.39, 0.29) is 0 Å². The van der Waals surface area contributed by atoms with Crippen molar-refractivity contribution in [2.24, 2.45) is 5.92 Å². The zero-order valence-corrected chi connectivity index (χ0v) is 18.9. The molecule has 0 fully saturated rings.